The van der Waals surface area contributed by atoms with Gasteiger partial charge in [0.15, 0.2) is 0 Å². The second kappa shape index (κ2) is 9.87. The van der Waals surface area contributed by atoms with Crippen molar-refractivity contribution >= 4 is 28.1 Å². The largest absolute Gasteiger partial charge is 0.497 e. The normalized spacial score (nSPS) is 14.0. The Morgan fingerprint density at radius 3 is 2.69 bits per heavy atom. The minimum absolute atomic E-state index is 0.170. The molecule has 0 saturated heterocycles. The Hall–Kier alpha value is -3.32. The third-order valence-corrected chi connectivity index (χ3v) is 6.31. The number of nitrogens with zero attached hydrogens (tertiary/aromatic N) is 1. The zero-order valence-corrected chi connectivity index (χ0v) is 19.0. The number of carbonyl (C=O) groups is 1. The summed E-state index contributed by atoms with van der Waals surface area (Å²) in [6, 6.07) is 20.9. The van der Waals surface area contributed by atoms with Gasteiger partial charge in [0, 0.05) is 52.4 Å². The molecule has 1 N–H and O–H groups in total. The number of rotatable bonds is 6. The predicted octanol–water partition coefficient (Wildman–Crippen LogP) is 4.28. The zero-order chi connectivity index (χ0) is 22.5. The van der Waals surface area contributed by atoms with Crippen LogP contribution in [0.4, 0.5) is 11.4 Å². The van der Waals surface area contributed by atoms with Crippen molar-refractivity contribution in [1.29, 1.82) is 0 Å². The molecule has 1 unspecified atom stereocenters. The minimum Gasteiger partial charge on any atom is -0.497 e. The molecule has 0 bridgehead atoms. The number of anilines is 2. The molecule has 0 aromatic heterocycles. The van der Waals surface area contributed by atoms with E-state index in [4.69, 9.17) is 9.47 Å². The van der Waals surface area contributed by atoms with E-state index in [0.29, 0.717) is 24.5 Å². The Balaban J connectivity index is 1.51. The average Bonchev–Trinajstić information content (AvgIpc) is 3.04. The lowest BCUT2D eigenvalue weighted by atomic mass is 10.1. The van der Waals surface area contributed by atoms with Crippen LogP contribution in [0.3, 0.4) is 0 Å². The summed E-state index contributed by atoms with van der Waals surface area (Å²) in [6.45, 7) is 1.79. The highest BCUT2D eigenvalue weighted by Crippen LogP contribution is 2.37. The number of nitrogens with one attached hydrogen (secondary N) is 1. The maximum atomic E-state index is 12.8. The van der Waals surface area contributed by atoms with Crippen molar-refractivity contribution in [2.45, 2.75) is 17.9 Å². The predicted molar refractivity (Wildman–Crippen MR) is 126 cm³/mol. The van der Waals surface area contributed by atoms with Gasteiger partial charge in [-0.1, -0.05) is 18.2 Å². The SMILES string of the molecule is COc1cccc(N2CCCOc3cc(C(=O)NCc4ccc(S(C)=O)cc4)ccc32)c1. The Labute approximate surface area is 190 Å². The second-order valence-electron chi connectivity index (χ2n) is 7.52. The quantitative estimate of drug-likeness (QED) is 0.607. The van der Waals surface area contributed by atoms with Gasteiger partial charge in [-0.25, -0.2) is 0 Å². The summed E-state index contributed by atoms with van der Waals surface area (Å²) in [5.74, 6) is 1.31. The van der Waals surface area contributed by atoms with E-state index in [1.807, 2.05) is 60.7 Å². The van der Waals surface area contributed by atoms with Gasteiger partial charge >= 0.3 is 0 Å². The molecule has 3 aromatic carbocycles. The first-order valence-corrected chi connectivity index (χ1v) is 12.0. The molecule has 0 saturated carbocycles. The van der Waals surface area contributed by atoms with Crippen molar-refractivity contribution in [3.8, 4) is 11.5 Å². The van der Waals surface area contributed by atoms with E-state index < -0.39 is 10.8 Å². The van der Waals surface area contributed by atoms with E-state index in [0.717, 1.165) is 40.5 Å². The molecule has 6 nitrogen and oxygen atoms in total. The van der Waals surface area contributed by atoms with Gasteiger partial charge in [0.05, 0.1) is 19.4 Å². The maximum absolute atomic E-state index is 12.8. The maximum Gasteiger partial charge on any atom is 0.251 e. The van der Waals surface area contributed by atoms with Crippen LogP contribution in [0.2, 0.25) is 0 Å². The van der Waals surface area contributed by atoms with E-state index in [1.165, 1.54) is 0 Å². The molecule has 166 valence electrons. The molecule has 0 aliphatic carbocycles. The Morgan fingerprint density at radius 2 is 1.94 bits per heavy atom. The molecule has 1 aliphatic rings. The fourth-order valence-corrected chi connectivity index (χ4v) is 4.17. The third kappa shape index (κ3) is 4.94. The van der Waals surface area contributed by atoms with Crippen molar-refractivity contribution in [3.63, 3.8) is 0 Å². The van der Waals surface area contributed by atoms with Crippen LogP contribution < -0.4 is 19.7 Å². The molecule has 0 spiro atoms. The molecule has 1 amide bonds. The van der Waals surface area contributed by atoms with E-state index in [1.54, 1.807) is 19.4 Å². The highest BCUT2D eigenvalue weighted by Gasteiger charge is 2.20. The van der Waals surface area contributed by atoms with Crippen molar-refractivity contribution in [3.05, 3.63) is 77.9 Å². The van der Waals surface area contributed by atoms with Gasteiger partial charge in [0.2, 0.25) is 0 Å². The summed E-state index contributed by atoms with van der Waals surface area (Å²) in [5.41, 5.74) is 3.44. The third-order valence-electron chi connectivity index (χ3n) is 5.37. The topological polar surface area (TPSA) is 67.9 Å². The molecule has 7 heteroatoms. The summed E-state index contributed by atoms with van der Waals surface area (Å²) in [6.07, 6.45) is 2.51. The monoisotopic (exact) mass is 450 g/mol. The Kier molecular flexibility index (Phi) is 6.75. The van der Waals surface area contributed by atoms with Crippen LogP contribution in [0.25, 0.3) is 0 Å². The Morgan fingerprint density at radius 1 is 1.12 bits per heavy atom. The number of fused-ring (bicyclic) bond motifs is 1. The van der Waals surface area contributed by atoms with Crippen LogP contribution in [0.15, 0.2) is 71.6 Å². The molecule has 1 atom stereocenters. The van der Waals surface area contributed by atoms with Gasteiger partial charge in [-0.15, -0.1) is 0 Å². The van der Waals surface area contributed by atoms with Crippen LogP contribution in [0.5, 0.6) is 11.5 Å². The molecule has 32 heavy (non-hydrogen) atoms. The highest BCUT2D eigenvalue weighted by molar-refractivity contribution is 7.84. The smallest absolute Gasteiger partial charge is 0.251 e. The van der Waals surface area contributed by atoms with Crippen LogP contribution >= 0.6 is 0 Å². The van der Waals surface area contributed by atoms with E-state index in [9.17, 15) is 9.00 Å². The zero-order valence-electron chi connectivity index (χ0n) is 18.2. The molecular weight excluding hydrogens is 424 g/mol. The van der Waals surface area contributed by atoms with Crippen LogP contribution in [0.1, 0.15) is 22.3 Å². The number of benzene rings is 3. The Bertz CT molecular complexity index is 1130. The molecule has 1 aliphatic heterocycles. The lowest BCUT2D eigenvalue weighted by molar-refractivity contribution is 0.0950. The first-order valence-electron chi connectivity index (χ1n) is 10.4. The number of carbonyl (C=O) groups excluding carboxylic acids is 1. The number of hydrogen-bond donors (Lipinski definition) is 1. The average molecular weight is 451 g/mol. The van der Waals surface area contributed by atoms with Gasteiger partial charge in [0.1, 0.15) is 11.5 Å². The fourth-order valence-electron chi connectivity index (χ4n) is 3.65. The molecule has 1 heterocycles. The van der Waals surface area contributed by atoms with Gasteiger partial charge < -0.3 is 19.7 Å². The number of ether oxygens (including phenoxy) is 2. The van der Waals surface area contributed by atoms with E-state index >= 15 is 0 Å². The molecule has 0 fully saturated rings. The lowest BCUT2D eigenvalue weighted by Crippen LogP contribution is -2.23. The number of hydrogen-bond acceptors (Lipinski definition) is 5. The van der Waals surface area contributed by atoms with Crippen molar-refractivity contribution in [2.24, 2.45) is 0 Å². The van der Waals surface area contributed by atoms with E-state index in [2.05, 4.69) is 10.2 Å². The first-order chi connectivity index (χ1) is 15.5. The van der Waals surface area contributed by atoms with Gasteiger partial charge in [0.25, 0.3) is 5.91 Å². The number of amides is 1. The van der Waals surface area contributed by atoms with Gasteiger partial charge in [-0.2, -0.15) is 0 Å². The molecular formula is C25H26N2O4S. The van der Waals surface area contributed by atoms with Crippen LogP contribution in [0, 0.1) is 0 Å². The van der Waals surface area contributed by atoms with Crippen LogP contribution in [-0.2, 0) is 17.3 Å². The lowest BCUT2D eigenvalue weighted by Gasteiger charge is -2.24. The highest BCUT2D eigenvalue weighted by atomic mass is 32.2. The van der Waals surface area contributed by atoms with Gasteiger partial charge in [-0.3, -0.25) is 9.00 Å². The first kappa shape index (κ1) is 21.9. The molecule has 4 rings (SSSR count). The second-order valence-corrected chi connectivity index (χ2v) is 8.90. The van der Waals surface area contributed by atoms with Crippen LogP contribution in [-0.4, -0.2) is 36.6 Å². The van der Waals surface area contributed by atoms with E-state index in [-0.39, 0.29) is 5.91 Å². The summed E-state index contributed by atoms with van der Waals surface area (Å²) in [7, 11) is 0.642. The fraction of sp³-hybridized carbons (Fsp3) is 0.240. The van der Waals surface area contributed by atoms with Gasteiger partial charge in [-0.05, 0) is 54.4 Å². The summed E-state index contributed by atoms with van der Waals surface area (Å²) < 4.78 is 22.9. The number of methoxy groups -OCH3 is 1. The van der Waals surface area contributed by atoms with Crippen molar-refractivity contribution in [2.75, 3.05) is 31.4 Å². The van der Waals surface area contributed by atoms with Crippen molar-refractivity contribution < 1.29 is 18.5 Å². The van der Waals surface area contributed by atoms with Crippen molar-refractivity contribution in [1.82, 2.24) is 5.32 Å². The summed E-state index contributed by atoms with van der Waals surface area (Å²) in [5, 5.41) is 2.94. The minimum atomic E-state index is -1.01. The standard InChI is InChI=1S/C25H26N2O4S/c1-30-21-6-3-5-20(16-21)27-13-4-14-31-24-15-19(9-12-23(24)27)25(28)26-17-18-7-10-22(11-8-18)32(2)29/h3,5-12,15-16H,4,13-14,17H2,1-2H3,(H,26,28). The molecule has 0 radical (unpaired) electrons. The summed E-state index contributed by atoms with van der Waals surface area (Å²) >= 11 is 0. The summed E-state index contributed by atoms with van der Waals surface area (Å²) in [4.78, 5) is 15.7. The molecule has 3 aromatic rings.